The summed E-state index contributed by atoms with van der Waals surface area (Å²) < 4.78 is 62.5. The Hall–Kier alpha value is -2.71. The minimum atomic E-state index is -1.95. The number of pyridine rings is 1. The first-order chi connectivity index (χ1) is 16.3. The predicted octanol–water partition coefficient (Wildman–Crippen LogP) is 2.09. The van der Waals surface area contributed by atoms with E-state index in [0.717, 1.165) is 12.1 Å². The van der Waals surface area contributed by atoms with E-state index in [0.29, 0.717) is 11.1 Å². The van der Waals surface area contributed by atoms with E-state index in [4.69, 9.17) is 36.0 Å². The number of H-pyrrole nitrogens is 1. The molecule has 0 bridgehead atoms. The van der Waals surface area contributed by atoms with Gasteiger partial charge in [-0.3, -0.25) is 5.41 Å². The van der Waals surface area contributed by atoms with Gasteiger partial charge in [0.05, 0.1) is 45.5 Å². The minimum Gasteiger partial charge on any atom is -0.471 e. The van der Waals surface area contributed by atoms with Crippen LogP contribution in [0.1, 0.15) is 5.56 Å². The van der Waals surface area contributed by atoms with Crippen LogP contribution in [-0.2, 0) is 26.9 Å². The lowest BCUT2D eigenvalue weighted by atomic mass is 10.1. The topological polar surface area (TPSA) is 140 Å². The molecule has 3 N–H and O–H groups in total. The maximum absolute atomic E-state index is 14.3. The third-order valence-corrected chi connectivity index (χ3v) is 6.61. The third-order valence-electron chi connectivity index (χ3n) is 5.42. The molecule has 2 fully saturated rings. The van der Waals surface area contributed by atoms with Crippen LogP contribution in [0, 0.1) is 17.0 Å². The SMILES string of the molecule is N=CS(=O)c1cc(F)c(COc2nc3nc(O[C@@H]4CO[C@H]5[C@@H]4OC[C@H]5O)[nH]c3cc2Cl)c(F)c1. The van der Waals surface area contributed by atoms with E-state index >= 15 is 0 Å². The van der Waals surface area contributed by atoms with Crippen LogP contribution in [0.15, 0.2) is 23.1 Å². The Bertz CT molecular complexity index is 1270. The van der Waals surface area contributed by atoms with Crippen molar-refractivity contribution in [2.45, 2.75) is 35.9 Å². The number of ether oxygens (including phenoxy) is 4. The molecule has 4 heterocycles. The second-order valence-corrected chi connectivity index (χ2v) is 9.29. The summed E-state index contributed by atoms with van der Waals surface area (Å²) in [4.78, 5) is 11.2. The quantitative estimate of drug-likeness (QED) is 0.322. The summed E-state index contributed by atoms with van der Waals surface area (Å²) in [5.41, 5.74) is 0.790. The molecule has 2 aliphatic rings. The van der Waals surface area contributed by atoms with Gasteiger partial charge >= 0.3 is 0 Å². The Balaban J connectivity index is 1.32. The first-order valence-corrected chi connectivity index (χ1v) is 11.6. The number of nitrogens with zero attached hydrogens (tertiary/aromatic N) is 2. The summed E-state index contributed by atoms with van der Waals surface area (Å²) in [6.45, 7) is -0.156. The highest BCUT2D eigenvalue weighted by Crippen LogP contribution is 2.31. The summed E-state index contributed by atoms with van der Waals surface area (Å²) in [5.74, 6) is -2.06. The molecule has 0 spiro atoms. The van der Waals surface area contributed by atoms with Crippen LogP contribution in [0.5, 0.6) is 11.9 Å². The first-order valence-electron chi connectivity index (χ1n) is 10.00. The largest absolute Gasteiger partial charge is 0.471 e. The van der Waals surface area contributed by atoms with Crippen molar-refractivity contribution in [3.05, 3.63) is 40.4 Å². The van der Waals surface area contributed by atoms with Crippen LogP contribution in [0.2, 0.25) is 5.02 Å². The van der Waals surface area contributed by atoms with Crippen LogP contribution in [0.4, 0.5) is 8.78 Å². The molecule has 10 nitrogen and oxygen atoms in total. The Labute approximate surface area is 198 Å². The van der Waals surface area contributed by atoms with Gasteiger partial charge in [0, 0.05) is 0 Å². The fraction of sp³-hybridized carbons (Fsp3) is 0.350. The van der Waals surface area contributed by atoms with Gasteiger partial charge < -0.3 is 29.0 Å². The van der Waals surface area contributed by atoms with Crippen molar-refractivity contribution in [3.63, 3.8) is 0 Å². The maximum atomic E-state index is 14.3. The molecule has 180 valence electrons. The zero-order valence-corrected chi connectivity index (χ0v) is 18.7. The number of aromatic nitrogens is 3. The average molecular weight is 515 g/mol. The molecule has 1 aromatic carbocycles. The minimum absolute atomic E-state index is 0.0663. The van der Waals surface area contributed by atoms with Gasteiger partial charge in [-0.25, -0.2) is 13.0 Å². The fourth-order valence-corrected chi connectivity index (χ4v) is 4.55. The monoisotopic (exact) mass is 514 g/mol. The van der Waals surface area contributed by atoms with Gasteiger partial charge in [0.15, 0.2) is 11.8 Å². The number of fused-ring (bicyclic) bond motifs is 2. The Kier molecular flexibility index (Phi) is 6.20. The summed E-state index contributed by atoms with van der Waals surface area (Å²) >= 11 is 6.21. The number of imidazole rings is 1. The van der Waals surface area contributed by atoms with Gasteiger partial charge in [0.25, 0.3) is 6.01 Å². The van der Waals surface area contributed by atoms with Crippen molar-refractivity contribution < 1.29 is 37.0 Å². The van der Waals surface area contributed by atoms with E-state index in [1.165, 1.54) is 6.07 Å². The molecule has 0 aliphatic carbocycles. The lowest BCUT2D eigenvalue weighted by molar-refractivity contribution is 0.00706. The molecule has 1 unspecified atom stereocenters. The number of hydrogen-bond acceptors (Lipinski definition) is 9. The van der Waals surface area contributed by atoms with Crippen molar-refractivity contribution in [1.82, 2.24) is 15.0 Å². The number of hydrogen-bond donors (Lipinski definition) is 3. The lowest BCUT2D eigenvalue weighted by Gasteiger charge is -2.15. The zero-order valence-electron chi connectivity index (χ0n) is 17.2. The molecular formula is C20H17ClF2N4O6S. The second-order valence-electron chi connectivity index (χ2n) is 7.58. The molecule has 5 atom stereocenters. The number of aliphatic hydroxyl groups excluding tert-OH is 1. The van der Waals surface area contributed by atoms with Crippen LogP contribution >= 0.6 is 11.6 Å². The molecule has 3 aromatic rings. The van der Waals surface area contributed by atoms with E-state index in [1.54, 1.807) is 0 Å². The Morgan fingerprint density at radius 2 is 1.97 bits per heavy atom. The van der Waals surface area contributed by atoms with E-state index < -0.39 is 59.0 Å². The van der Waals surface area contributed by atoms with Crippen molar-refractivity contribution in [3.8, 4) is 11.9 Å². The normalized spacial score (nSPS) is 24.8. The van der Waals surface area contributed by atoms with E-state index in [9.17, 15) is 18.1 Å². The molecule has 0 saturated carbocycles. The first kappa shape index (κ1) is 23.1. The van der Waals surface area contributed by atoms with Gasteiger partial charge in [-0.05, 0) is 18.2 Å². The number of aromatic amines is 1. The fourth-order valence-electron chi connectivity index (χ4n) is 3.77. The number of rotatable bonds is 7. The number of benzene rings is 1. The Morgan fingerprint density at radius 1 is 1.24 bits per heavy atom. The van der Waals surface area contributed by atoms with Crippen LogP contribution < -0.4 is 9.47 Å². The van der Waals surface area contributed by atoms with Crippen LogP contribution in [0.3, 0.4) is 0 Å². The van der Waals surface area contributed by atoms with Crippen molar-refractivity contribution in [2.24, 2.45) is 0 Å². The average Bonchev–Trinajstić information content (AvgIpc) is 3.49. The molecular weight excluding hydrogens is 498 g/mol. The highest BCUT2D eigenvalue weighted by atomic mass is 35.5. The summed E-state index contributed by atoms with van der Waals surface area (Å²) in [6, 6.07) is 3.36. The Morgan fingerprint density at radius 3 is 2.71 bits per heavy atom. The van der Waals surface area contributed by atoms with Gasteiger partial charge in [-0.1, -0.05) is 11.6 Å². The van der Waals surface area contributed by atoms with E-state index in [-0.39, 0.29) is 40.7 Å². The molecule has 2 aromatic heterocycles. The molecule has 0 radical (unpaired) electrons. The zero-order chi connectivity index (χ0) is 24.0. The summed E-state index contributed by atoms with van der Waals surface area (Å²) in [5, 5.41) is 16.9. The number of halogens is 3. The van der Waals surface area contributed by atoms with E-state index in [2.05, 4.69) is 15.0 Å². The van der Waals surface area contributed by atoms with Crippen molar-refractivity contribution in [2.75, 3.05) is 13.2 Å². The van der Waals surface area contributed by atoms with Crippen LogP contribution in [-0.4, -0.2) is 67.4 Å². The molecule has 2 saturated heterocycles. The highest BCUT2D eigenvalue weighted by Gasteiger charge is 2.48. The van der Waals surface area contributed by atoms with Crippen LogP contribution in [0.25, 0.3) is 11.2 Å². The second kappa shape index (κ2) is 9.15. The third kappa shape index (κ3) is 4.25. The molecule has 2 aliphatic heterocycles. The summed E-state index contributed by atoms with van der Waals surface area (Å²) in [7, 11) is -1.95. The molecule has 5 rings (SSSR count). The van der Waals surface area contributed by atoms with Gasteiger partial charge in [0.1, 0.15) is 41.6 Å². The van der Waals surface area contributed by atoms with E-state index in [1.807, 2.05) is 0 Å². The molecule has 0 amide bonds. The maximum Gasteiger partial charge on any atom is 0.296 e. The van der Waals surface area contributed by atoms with Crippen molar-refractivity contribution in [1.29, 1.82) is 5.41 Å². The van der Waals surface area contributed by atoms with Crippen molar-refractivity contribution >= 4 is 39.1 Å². The standard InChI is InChI=1S/C20H17ClF2N4O6S/c21-10-3-13-18(27-20(25-13)33-15-6-31-16-14(28)5-30-17(15)16)26-19(10)32-4-9-11(22)1-8(2-12(9)23)34(29)7-24/h1-3,7,14-17,24,28H,4-6H2,(H,25,26,27)/t14-,15-,16-,17-,34?/m1/s1. The molecule has 34 heavy (non-hydrogen) atoms. The summed E-state index contributed by atoms with van der Waals surface area (Å²) in [6.07, 6.45) is -2.07. The number of aliphatic hydroxyl groups is 1. The van der Waals surface area contributed by atoms with Gasteiger partial charge in [-0.2, -0.15) is 9.97 Å². The van der Waals surface area contributed by atoms with Gasteiger partial charge in [-0.15, -0.1) is 0 Å². The lowest BCUT2D eigenvalue weighted by Crippen LogP contribution is -2.34. The predicted molar refractivity (Wildman–Crippen MR) is 115 cm³/mol. The highest BCUT2D eigenvalue weighted by molar-refractivity contribution is 7.98. The van der Waals surface area contributed by atoms with Gasteiger partial charge in [0.2, 0.25) is 5.88 Å². The smallest absolute Gasteiger partial charge is 0.296 e. The molecule has 14 heteroatoms. The number of nitrogens with one attached hydrogen (secondary N) is 2.